The summed E-state index contributed by atoms with van der Waals surface area (Å²) in [7, 11) is -3.49. The van der Waals surface area contributed by atoms with Crippen molar-refractivity contribution in [3.63, 3.8) is 0 Å². The average Bonchev–Trinajstić information content (AvgIpc) is 2.75. The van der Waals surface area contributed by atoms with E-state index in [1.165, 1.54) is 10.5 Å². The number of piperazine rings is 1. The number of carbonyl (C=O) groups is 1. The van der Waals surface area contributed by atoms with Crippen molar-refractivity contribution in [2.24, 2.45) is 5.10 Å². The molecule has 3 rings (SSSR count). The highest BCUT2D eigenvalue weighted by molar-refractivity contribution is 7.89. The van der Waals surface area contributed by atoms with E-state index in [0.717, 1.165) is 16.0 Å². The van der Waals surface area contributed by atoms with Crippen LogP contribution in [0, 0.1) is 6.92 Å². The minimum Gasteiger partial charge on any atom is -0.325 e. The van der Waals surface area contributed by atoms with Gasteiger partial charge in [0.25, 0.3) is 5.91 Å². The first-order valence-electron chi connectivity index (χ1n) is 9.89. The van der Waals surface area contributed by atoms with Gasteiger partial charge in [-0.25, -0.2) is 13.8 Å². The van der Waals surface area contributed by atoms with Crippen LogP contribution in [0.15, 0.2) is 70.7 Å². The first-order valence-corrected chi connectivity index (χ1v) is 11.3. The van der Waals surface area contributed by atoms with Crippen molar-refractivity contribution in [1.29, 1.82) is 0 Å². The molecule has 1 heterocycles. The Balaban J connectivity index is 1.43. The van der Waals surface area contributed by atoms with Crippen LogP contribution in [-0.4, -0.2) is 57.6 Å². The maximum Gasteiger partial charge on any atom is 0.295 e. The van der Waals surface area contributed by atoms with Gasteiger partial charge in [-0.2, -0.15) is 9.41 Å². The molecule has 2 N–H and O–H groups in total. The van der Waals surface area contributed by atoms with Crippen LogP contribution in [0.3, 0.4) is 0 Å². The molecule has 30 heavy (non-hydrogen) atoms. The van der Waals surface area contributed by atoms with Gasteiger partial charge >= 0.3 is 0 Å². The van der Waals surface area contributed by atoms with Crippen molar-refractivity contribution in [1.82, 2.24) is 9.73 Å². The molecule has 0 radical (unpaired) electrons. The fraction of sp³-hybridized carbons (Fsp3) is 0.273. The second-order valence-electron chi connectivity index (χ2n) is 7.23. The molecule has 2 aromatic rings. The zero-order chi connectivity index (χ0) is 21.4. The Morgan fingerprint density at radius 3 is 2.43 bits per heavy atom. The summed E-state index contributed by atoms with van der Waals surface area (Å²) in [5.74, 6) is -0.191. The van der Waals surface area contributed by atoms with Crippen molar-refractivity contribution < 1.29 is 18.1 Å². The van der Waals surface area contributed by atoms with Gasteiger partial charge in [-0.05, 0) is 30.7 Å². The Kier molecular flexibility index (Phi) is 7.51. The number of aryl methyl sites for hydroxylation is 1. The lowest BCUT2D eigenvalue weighted by molar-refractivity contribution is -0.895. The van der Waals surface area contributed by atoms with E-state index in [-0.39, 0.29) is 12.5 Å². The first-order chi connectivity index (χ1) is 14.4. The maximum atomic E-state index is 12.7. The standard InChI is InChI=1S/C22H26N4O3S/c1-19-9-11-21(12-10-19)30(28,29)26-16-14-25(15-17-26)18-22(27)24-23-13-5-8-20-6-3-2-4-7-20/h2-13H,14-18H2,1H3,(H,24,27)/p+1/b8-5+,23-13-. The fourth-order valence-electron chi connectivity index (χ4n) is 3.22. The second-order valence-corrected chi connectivity index (χ2v) is 9.16. The molecule has 0 bridgehead atoms. The van der Waals surface area contributed by atoms with E-state index in [4.69, 9.17) is 0 Å². The smallest absolute Gasteiger partial charge is 0.295 e. The van der Waals surface area contributed by atoms with Gasteiger partial charge in [0.2, 0.25) is 10.0 Å². The molecule has 1 saturated heterocycles. The molecule has 1 aliphatic heterocycles. The summed E-state index contributed by atoms with van der Waals surface area (Å²) in [4.78, 5) is 13.4. The third-order valence-corrected chi connectivity index (χ3v) is 6.85. The van der Waals surface area contributed by atoms with E-state index < -0.39 is 10.0 Å². The normalized spacial score (nSPS) is 16.3. The Labute approximate surface area is 177 Å². The number of carbonyl (C=O) groups excluding carboxylic acids is 1. The summed E-state index contributed by atoms with van der Waals surface area (Å²) in [5.41, 5.74) is 4.59. The highest BCUT2D eigenvalue weighted by atomic mass is 32.2. The van der Waals surface area contributed by atoms with E-state index in [0.29, 0.717) is 31.1 Å². The number of nitrogens with zero attached hydrogens (tertiary/aromatic N) is 2. The molecule has 0 saturated carbocycles. The Hall–Kier alpha value is -2.81. The van der Waals surface area contributed by atoms with Crippen LogP contribution in [0.5, 0.6) is 0 Å². The molecule has 0 spiro atoms. The predicted molar refractivity (Wildman–Crippen MR) is 118 cm³/mol. The van der Waals surface area contributed by atoms with Crippen LogP contribution < -0.4 is 10.3 Å². The van der Waals surface area contributed by atoms with Gasteiger partial charge in [0.05, 0.1) is 31.1 Å². The first kappa shape index (κ1) is 21.9. The molecular formula is C22H27N4O3S+. The topological polar surface area (TPSA) is 83.3 Å². The predicted octanol–water partition coefficient (Wildman–Crippen LogP) is 0.700. The van der Waals surface area contributed by atoms with Gasteiger partial charge in [-0.15, -0.1) is 0 Å². The van der Waals surface area contributed by atoms with Crippen molar-refractivity contribution in [2.75, 3.05) is 32.7 Å². The lowest BCUT2D eigenvalue weighted by atomic mass is 10.2. The summed E-state index contributed by atoms with van der Waals surface area (Å²) >= 11 is 0. The quantitative estimate of drug-likeness (QED) is 0.504. The number of sulfonamides is 1. The minimum atomic E-state index is -3.49. The molecule has 0 atom stereocenters. The lowest BCUT2D eigenvalue weighted by Crippen LogP contribution is -3.15. The van der Waals surface area contributed by atoms with E-state index >= 15 is 0 Å². The third kappa shape index (κ3) is 6.09. The Morgan fingerprint density at radius 2 is 1.77 bits per heavy atom. The SMILES string of the molecule is Cc1ccc(S(=O)(=O)N2CC[NH+](CC(=O)N/N=C\C=C\c3ccccc3)CC2)cc1. The minimum absolute atomic E-state index is 0.191. The molecule has 7 nitrogen and oxygen atoms in total. The molecule has 8 heteroatoms. The van der Waals surface area contributed by atoms with Gasteiger partial charge in [-0.1, -0.05) is 54.1 Å². The molecule has 1 aliphatic rings. The summed E-state index contributed by atoms with van der Waals surface area (Å²) in [6.07, 6.45) is 5.19. The van der Waals surface area contributed by atoms with Gasteiger partial charge in [0.15, 0.2) is 6.54 Å². The number of allylic oxidation sites excluding steroid dienone is 1. The zero-order valence-electron chi connectivity index (χ0n) is 17.0. The molecule has 2 aromatic carbocycles. The Bertz CT molecular complexity index is 994. The number of rotatable bonds is 7. The van der Waals surface area contributed by atoms with Crippen LogP contribution in [0.25, 0.3) is 6.08 Å². The van der Waals surface area contributed by atoms with E-state index in [1.54, 1.807) is 30.3 Å². The molecule has 0 unspecified atom stereocenters. The highest BCUT2D eigenvalue weighted by Gasteiger charge is 2.30. The number of hydrogen-bond donors (Lipinski definition) is 2. The van der Waals surface area contributed by atoms with Crippen LogP contribution in [-0.2, 0) is 14.8 Å². The monoisotopic (exact) mass is 427 g/mol. The summed E-state index contributed by atoms with van der Waals surface area (Å²) < 4.78 is 27.0. The number of nitrogens with one attached hydrogen (secondary N) is 2. The molecule has 0 aromatic heterocycles. The number of hydrazone groups is 1. The third-order valence-electron chi connectivity index (χ3n) is 4.94. The van der Waals surface area contributed by atoms with E-state index in [2.05, 4.69) is 10.5 Å². The van der Waals surface area contributed by atoms with Gasteiger partial charge in [0, 0.05) is 6.21 Å². The van der Waals surface area contributed by atoms with Crippen LogP contribution in [0.4, 0.5) is 0 Å². The van der Waals surface area contributed by atoms with Crippen molar-refractivity contribution in [3.8, 4) is 0 Å². The number of hydrogen-bond acceptors (Lipinski definition) is 4. The number of benzene rings is 2. The van der Waals surface area contributed by atoms with E-state index in [9.17, 15) is 13.2 Å². The van der Waals surface area contributed by atoms with Crippen molar-refractivity contribution >= 4 is 28.2 Å². The zero-order valence-corrected chi connectivity index (χ0v) is 17.8. The van der Waals surface area contributed by atoms with Crippen LogP contribution in [0.2, 0.25) is 0 Å². The lowest BCUT2D eigenvalue weighted by Gasteiger charge is -2.31. The molecule has 1 fully saturated rings. The summed E-state index contributed by atoms with van der Waals surface area (Å²) in [6, 6.07) is 16.7. The second kappa shape index (κ2) is 10.3. The largest absolute Gasteiger partial charge is 0.325 e. The summed E-state index contributed by atoms with van der Waals surface area (Å²) in [5, 5.41) is 3.92. The number of amides is 1. The van der Waals surface area contributed by atoms with Crippen LogP contribution in [0.1, 0.15) is 11.1 Å². The van der Waals surface area contributed by atoms with E-state index in [1.807, 2.05) is 43.3 Å². The Morgan fingerprint density at radius 1 is 1.10 bits per heavy atom. The summed E-state index contributed by atoms with van der Waals surface area (Å²) in [6.45, 7) is 4.13. The molecule has 0 aliphatic carbocycles. The fourth-order valence-corrected chi connectivity index (χ4v) is 4.66. The number of quaternary nitrogens is 1. The molecule has 1 amide bonds. The molecule has 158 valence electrons. The molecular weight excluding hydrogens is 400 g/mol. The van der Waals surface area contributed by atoms with Gasteiger partial charge < -0.3 is 4.90 Å². The van der Waals surface area contributed by atoms with Crippen LogP contribution >= 0.6 is 0 Å². The highest BCUT2D eigenvalue weighted by Crippen LogP contribution is 2.16. The average molecular weight is 428 g/mol. The van der Waals surface area contributed by atoms with Gasteiger partial charge in [0.1, 0.15) is 0 Å². The maximum absolute atomic E-state index is 12.7. The van der Waals surface area contributed by atoms with Crippen molar-refractivity contribution in [2.45, 2.75) is 11.8 Å². The van der Waals surface area contributed by atoms with Crippen molar-refractivity contribution in [3.05, 3.63) is 71.8 Å². The van der Waals surface area contributed by atoms with Gasteiger partial charge in [-0.3, -0.25) is 4.79 Å².